The average Bonchev–Trinajstić information content (AvgIpc) is 3.40. The first-order valence-electron chi connectivity index (χ1n) is 14.6. The molecule has 11 heteroatoms. The van der Waals surface area contributed by atoms with Gasteiger partial charge < -0.3 is 20.4 Å². The molecule has 1 aliphatic heterocycles. The number of nitrogens with zero attached hydrogens (tertiary/aromatic N) is 6. The van der Waals surface area contributed by atoms with E-state index in [0.717, 1.165) is 23.2 Å². The first kappa shape index (κ1) is 29.9. The molecule has 43 heavy (non-hydrogen) atoms. The van der Waals surface area contributed by atoms with Crippen molar-refractivity contribution in [3.8, 4) is 6.07 Å². The lowest BCUT2D eigenvalue weighted by Gasteiger charge is -2.36. The quantitative estimate of drug-likeness (QED) is 0.314. The Bertz CT molecular complexity index is 1510. The van der Waals surface area contributed by atoms with Crippen LogP contribution in [0.5, 0.6) is 0 Å². The number of tetrazole rings is 1. The number of H-pyrrole nitrogens is 1. The fourth-order valence-corrected chi connectivity index (χ4v) is 6.68. The summed E-state index contributed by atoms with van der Waals surface area (Å²) in [6, 6.07) is 17.6. The zero-order valence-corrected chi connectivity index (χ0v) is 25.3. The molecular weight excluding hydrogens is 542 g/mol. The number of aromatic nitrogens is 4. The van der Waals surface area contributed by atoms with Crippen molar-refractivity contribution in [2.24, 2.45) is 11.8 Å². The molecule has 6 atom stereocenters. The third kappa shape index (κ3) is 5.50. The molecule has 0 spiro atoms. The van der Waals surface area contributed by atoms with Crippen LogP contribution >= 0.6 is 0 Å². The molecule has 2 unspecified atom stereocenters. The number of benzene rings is 2. The van der Waals surface area contributed by atoms with Gasteiger partial charge in [0.1, 0.15) is 6.04 Å². The third-order valence-corrected chi connectivity index (χ3v) is 9.07. The summed E-state index contributed by atoms with van der Waals surface area (Å²) in [6.07, 6.45) is 1.43. The second-order valence-electron chi connectivity index (χ2n) is 11.9. The van der Waals surface area contributed by atoms with Gasteiger partial charge in [-0.1, -0.05) is 43.0 Å². The van der Waals surface area contributed by atoms with Crippen molar-refractivity contribution >= 4 is 11.8 Å². The lowest BCUT2D eigenvalue weighted by molar-refractivity contribution is 0.0827. The molecule has 2 aromatic carbocycles. The summed E-state index contributed by atoms with van der Waals surface area (Å²) < 4.78 is 0. The number of likely N-dealkylation sites (tertiary alicyclic amines) is 1. The summed E-state index contributed by atoms with van der Waals surface area (Å²) >= 11 is 0. The fraction of sp³-hybridized carbons (Fsp3) is 0.438. The second kappa shape index (κ2) is 12.0. The van der Waals surface area contributed by atoms with Gasteiger partial charge in [-0.25, -0.2) is 0 Å². The number of fused-ring (bicyclic) bond motifs is 1. The summed E-state index contributed by atoms with van der Waals surface area (Å²) in [4.78, 5) is 28.7. The Hall–Kier alpha value is -4.56. The van der Waals surface area contributed by atoms with Gasteiger partial charge in [0.25, 0.3) is 11.8 Å². The van der Waals surface area contributed by atoms with Gasteiger partial charge in [-0.3, -0.25) is 9.59 Å². The minimum atomic E-state index is -0.874. The Balaban J connectivity index is 1.48. The number of carbonyl (C=O) groups is 2. The second-order valence-corrected chi connectivity index (χ2v) is 11.9. The van der Waals surface area contributed by atoms with Gasteiger partial charge in [0, 0.05) is 56.6 Å². The molecule has 1 aliphatic carbocycles. The summed E-state index contributed by atoms with van der Waals surface area (Å²) in [5, 5.41) is 31.5. The summed E-state index contributed by atoms with van der Waals surface area (Å²) in [5.74, 6) is 1.36. The predicted octanol–water partition coefficient (Wildman–Crippen LogP) is 2.71. The topological polar surface area (TPSA) is 143 Å². The maximum absolute atomic E-state index is 12.7. The van der Waals surface area contributed by atoms with Crippen LogP contribution in [0.15, 0.2) is 60.8 Å². The Morgan fingerprint density at radius 2 is 1.79 bits per heavy atom. The number of aromatic amines is 1. The van der Waals surface area contributed by atoms with E-state index in [9.17, 15) is 14.9 Å². The molecule has 2 aliphatic rings. The minimum absolute atomic E-state index is 0.0625. The van der Waals surface area contributed by atoms with Gasteiger partial charge >= 0.3 is 0 Å². The van der Waals surface area contributed by atoms with Crippen molar-refractivity contribution < 1.29 is 9.59 Å². The smallest absolute Gasteiger partial charge is 0.253 e. The molecule has 2 fully saturated rings. The van der Waals surface area contributed by atoms with E-state index in [0.29, 0.717) is 47.8 Å². The van der Waals surface area contributed by atoms with Gasteiger partial charge in [-0.2, -0.15) is 10.5 Å². The molecule has 2 amide bonds. The molecule has 5 rings (SSSR count). The van der Waals surface area contributed by atoms with Crippen LogP contribution in [0.1, 0.15) is 64.4 Å². The molecule has 2 heterocycles. The highest BCUT2D eigenvalue weighted by Crippen LogP contribution is 2.54. The Labute approximate surface area is 252 Å². The van der Waals surface area contributed by atoms with Crippen LogP contribution in [-0.4, -0.2) is 88.1 Å². The summed E-state index contributed by atoms with van der Waals surface area (Å²) in [5.41, 5.74) is 2.90. The maximum Gasteiger partial charge on any atom is 0.253 e. The van der Waals surface area contributed by atoms with Gasteiger partial charge in [0.15, 0.2) is 5.82 Å². The molecule has 1 saturated heterocycles. The highest BCUT2D eigenvalue weighted by molar-refractivity contribution is 5.94. The molecule has 224 valence electrons. The molecule has 0 bridgehead atoms. The molecule has 3 N–H and O–H groups in total. The van der Waals surface area contributed by atoms with Crippen molar-refractivity contribution in [3.63, 3.8) is 0 Å². The van der Waals surface area contributed by atoms with E-state index in [1.165, 1.54) is 0 Å². The van der Waals surface area contributed by atoms with Crippen LogP contribution < -0.4 is 10.6 Å². The molecule has 1 aromatic heterocycles. The number of carbonyl (C=O) groups excluding carboxylic acids is 2. The standard InChI is InChI=1S/C32H39N9O2/c1-19(35-18-20(2)41-26(17-33)15-27-21(3)28(27)41)16-32(31-36-38-39-37-31,24-11-7-22(8-12-24)29(42)34-4)25-13-9-23(10-14-25)30(43)40(5)6/h7-14,19,21,26-28,35H,2,15-16,18H2,1,3-6H3,(H,34,42)(H,36,37,38,39)/t19-,21+,26?,27-,28+,32?/m1/s1. The molecule has 3 aromatic rings. The molecule has 11 nitrogen and oxygen atoms in total. The normalized spacial score (nSPS) is 22.6. The van der Waals surface area contributed by atoms with Gasteiger partial charge in [-0.05, 0) is 67.0 Å². The summed E-state index contributed by atoms with van der Waals surface area (Å²) in [6.45, 7) is 9.22. The Kier molecular flexibility index (Phi) is 8.33. The van der Waals surface area contributed by atoms with Crippen LogP contribution in [-0.2, 0) is 5.41 Å². The fourth-order valence-electron chi connectivity index (χ4n) is 6.68. The van der Waals surface area contributed by atoms with Crippen molar-refractivity contribution in [2.75, 3.05) is 27.7 Å². The summed E-state index contributed by atoms with van der Waals surface area (Å²) in [7, 11) is 5.04. The van der Waals surface area contributed by atoms with Crippen LogP contribution in [0.2, 0.25) is 0 Å². The van der Waals surface area contributed by atoms with Crippen LogP contribution in [0.4, 0.5) is 0 Å². The number of hydrogen-bond donors (Lipinski definition) is 3. The van der Waals surface area contributed by atoms with Crippen LogP contribution in [0.3, 0.4) is 0 Å². The monoisotopic (exact) mass is 581 g/mol. The van der Waals surface area contributed by atoms with Gasteiger partial charge in [0.2, 0.25) is 0 Å². The lowest BCUT2D eigenvalue weighted by atomic mass is 9.69. The zero-order chi connectivity index (χ0) is 30.9. The van der Waals surface area contributed by atoms with E-state index in [4.69, 9.17) is 0 Å². The zero-order valence-electron chi connectivity index (χ0n) is 25.3. The number of rotatable bonds is 11. The van der Waals surface area contributed by atoms with E-state index < -0.39 is 5.41 Å². The van der Waals surface area contributed by atoms with E-state index in [2.05, 4.69) is 62.7 Å². The van der Waals surface area contributed by atoms with Gasteiger partial charge in [-0.15, -0.1) is 10.2 Å². The first-order chi connectivity index (χ1) is 20.6. The van der Waals surface area contributed by atoms with Crippen molar-refractivity contribution in [3.05, 3.63) is 88.9 Å². The molecule has 1 saturated carbocycles. The third-order valence-electron chi connectivity index (χ3n) is 9.07. The SMILES string of the molecule is C=C(CN[C@H](C)CC(c1ccc(C(=O)NC)cc1)(c1ccc(C(=O)N(C)C)cc1)c1nn[nH]n1)N1C(C#N)C[C@@H]2[C@H](C)[C@@H]21. The van der Waals surface area contributed by atoms with Crippen LogP contribution in [0, 0.1) is 23.2 Å². The van der Waals surface area contributed by atoms with E-state index >= 15 is 0 Å². The Morgan fingerprint density at radius 3 is 2.33 bits per heavy atom. The maximum atomic E-state index is 12.7. The lowest BCUT2D eigenvalue weighted by Crippen LogP contribution is -2.42. The van der Waals surface area contributed by atoms with Crippen LogP contribution in [0.25, 0.3) is 0 Å². The highest BCUT2D eigenvalue weighted by Gasteiger charge is 2.58. The number of hydrogen-bond acceptors (Lipinski definition) is 8. The van der Waals surface area contributed by atoms with E-state index in [1.54, 1.807) is 38.2 Å². The predicted molar refractivity (Wildman–Crippen MR) is 162 cm³/mol. The largest absolute Gasteiger partial charge is 0.355 e. The minimum Gasteiger partial charge on any atom is -0.355 e. The molecular formula is C32H39N9O2. The average molecular weight is 582 g/mol. The van der Waals surface area contributed by atoms with E-state index in [1.807, 2.05) is 36.4 Å². The van der Waals surface area contributed by atoms with Crippen molar-refractivity contribution in [1.82, 2.24) is 41.1 Å². The number of piperidine rings is 1. The van der Waals surface area contributed by atoms with Crippen molar-refractivity contribution in [1.29, 1.82) is 5.26 Å². The number of nitrogens with one attached hydrogen (secondary N) is 3. The molecule has 0 radical (unpaired) electrons. The Morgan fingerprint density at radius 1 is 1.16 bits per heavy atom. The van der Waals surface area contributed by atoms with E-state index in [-0.39, 0.29) is 23.9 Å². The van der Waals surface area contributed by atoms with Gasteiger partial charge in [0.05, 0.1) is 11.5 Å². The number of nitriles is 1. The first-order valence-corrected chi connectivity index (χ1v) is 14.6. The number of amides is 2. The highest BCUT2D eigenvalue weighted by atomic mass is 16.2. The van der Waals surface area contributed by atoms with Crippen molar-refractivity contribution in [2.45, 2.75) is 50.2 Å².